The quantitative estimate of drug-likeness (QED) is 0.647. The number of nitrogen functional groups attached to an aromatic ring is 1. The minimum atomic E-state index is -0.358. The van der Waals surface area contributed by atoms with E-state index in [1.165, 1.54) is 6.33 Å². The van der Waals surface area contributed by atoms with Crippen LogP contribution in [0.25, 0.3) is 0 Å². The van der Waals surface area contributed by atoms with Crippen LogP contribution in [-0.2, 0) is 4.79 Å². The first kappa shape index (κ1) is 11.2. The van der Waals surface area contributed by atoms with Gasteiger partial charge in [0.05, 0.1) is 0 Å². The van der Waals surface area contributed by atoms with Gasteiger partial charge in [0, 0.05) is 12.6 Å². The standard InChI is InChI=1S/C9H15N5O/c1-5-7(10)12-4-13-8(5)14-6(2)9(15)11-3/h4,6H,1-3H3,(H,11,15)(H3,10,12,13,14). The first-order valence-corrected chi connectivity index (χ1v) is 4.61. The van der Waals surface area contributed by atoms with Crippen LogP contribution in [0.3, 0.4) is 0 Å². The minimum absolute atomic E-state index is 0.105. The van der Waals surface area contributed by atoms with Gasteiger partial charge in [0.1, 0.15) is 24.0 Å². The zero-order valence-electron chi connectivity index (χ0n) is 9.03. The first-order chi connectivity index (χ1) is 7.06. The molecule has 0 radical (unpaired) electrons. The number of aromatic nitrogens is 2. The summed E-state index contributed by atoms with van der Waals surface area (Å²) in [6, 6.07) is -0.358. The van der Waals surface area contributed by atoms with Gasteiger partial charge in [-0.25, -0.2) is 9.97 Å². The highest BCUT2D eigenvalue weighted by Crippen LogP contribution is 2.15. The van der Waals surface area contributed by atoms with Crippen molar-refractivity contribution in [2.75, 3.05) is 18.1 Å². The Morgan fingerprint density at radius 2 is 2.20 bits per heavy atom. The van der Waals surface area contributed by atoms with Crippen LogP contribution in [0.15, 0.2) is 6.33 Å². The number of nitrogens with zero attached hydrogens (tertiary/aromatic N) is 2. The van der Waals surface area contributed by atoms with Crippen LogP contribution in [0.5, 0.6) is 0 Å². The van der Waals surface area contributed by atoms with E-state index in [4.69, 9.17) is 5.73 Å². The molecule has 0 bridgehead atoms. The molecule has 1 aromatic rings. The summed E-state index contributed by atoms with van der Waals surface area (Å²) in [7, 11) is 1.59. The predicted molar refractivity (Wildman–Crippen MR) is 58.3 cm³/mol. The van der Waals surface area contributed by atoms with Gasteiger partial charge in [-0.2, -0.15) is 0 Å². The van der Waals surface area contributed by atoms with Crippen LogP contribution in [0.4, 0.5) is 11.6 Å². The molecule has 15 heavy (non-hydrogen) atoms. The average molecular weight is 209 g/mol. The van der Waals surface area contributed by atoms with E-state index < -0.39 is 0 Å². The summed E-state index contributed by atoms with van der Waals surface area (Å²) < 4.78 is 0. The Morgan fingerprint density at radius 3 is 2.80 bits per heavy atom. The van der Waals surface area contributed by atoms with E-state index >= 15 is 0 Å². The van der Waals surface area contributed by atoms with E-state index in [0.29, 0.717) is 11.6 Å². The normalized spacial score (nSPS) is 11.9. The molecule has 1 unspecified atom stereocenters. The molecule has 1 amide bonds. The second kappa shape index (κ2) is 4.59. The molecule has 1 heterocycles. The highest BCUT2D eigenvalue weighted by Gasteiger charge is 2.13. The molecule has 0 aliphatic carbocycles. The molecule has 0 aliphatic heterocycles. The summed E-state index contributed by atoms with van der Waals surface area (Å²) in [5.74, 6) is 0.891. The number of hydrogen-bond acceptors (Lipinski definition) is 5. The summed E-state index contributed by atoms with van der Waals surface area (Å²) in [5, 5.41) is 5.50. The van der Waals surface area contributed by atoms with E-state index in [2.05, 4.69) is 20.6 Å². The van der Waals surface area contributed by atoms with Gasteiger partial charge in [-0.3, -0.25) is 4.79 Å². The number of carbonyl (C=O) groups is 1. The van der Waals surface area contributed by atoms with Gasteiger partial charge in [-0.15, -0.1) is 0 Å². The lowest BCUT2D eigenvalue weighted by atomic mass is 10.2. The maximum atomic E-state index is 11.3. The van der Waals surface area contributed by atoms with Crippen molar-refractivity contribution in [1.82, 2.24) is 15.3 Å². The molecule has 0 fully saturated rings. The lowest BCUT2D eigenvalue weighted by molar-refractivity contribution is -0.121. The number of hydrogen-bond donors (Lipinski definition) is 3. The lowest BCUT2D eigenvalue weighted by Crippen LogP contribution is -2.35. The van der Waals surface area contributed by atoms with Crippen LogP contribution in [0.2, 0.25) is 0 Å². The topological polar surface area (TPSA) is 92.9 Å². The van der Waals surface area contributed by atoms with Gasteiger partial charge < -0.3 is 16.4 Å². The van der Waals surface area contributed by atoms with Crippen molar-refractivity contribution < 1.29 is 4.79 Å². The van der Waals surface area contributed by atoms with Gasteiger partial charge in [-0.05, 0) is 13.8 Å². The van der Waals surface area contributed by atoms with Gasteiger partial charge in [0.25, 0.3) is 0 Å². The summed E-state index contributed by atoms with van der Waals surface area (Å²) in [6.07, 6.45) is 1.36. The molecule has 0 aromatic carbocycles. The molecule has 6 nitrogen and oxygen atoms in total. The van der Waals surface area contributed by atoms with Crippen molar-refractivity contribution in [3.63, 3.8) is 0 Å². The smallest absolute Gasteiger partial charge is 0.241 e. The Labute approximate surface area is 88.3 Å². The number of anilines is 2. The Kier molecular flexibility index (Phi) is 3.43. The number of nitrogens with one attached hydrogen (secondary N) is 2. The largest absolute Gasteiger partial charge is 0.383 e. The SMILES string of the molecule is CNC(=O)C(C)Nc1ncnc(N)c1C. The molecule has 6 heteroatoms. The molecule has 1 rings (SSSR count). The molecule has 82 valence electrons. The van der Waals surface area contributed by atoms with Crippen molar-refractivity contribution in [2.24, 2.45) is 0 Å². The van der Waals surface area contributed by atoms with Gasteiger partial charge >= 0.3 is 0 Å². The highest BCUT2D eigenvalue weighted by molar-refractivity contribution is 5.83. The van der Waals surface area contributed by atoms with Crippen LogP contribution in [-0.4, -0.2) is 29.0 Å². The van der Waals surface area contributed by atoms with Crippen molar-refractivity contribution in [3.05, 3.63) is 11.9 Å². The number of carbonyl (C=O) groups excluding carboxylic acids is 1. The molecule has 0 spiro atoms. The molecule has 1 aromatic heterocycles. The van der Waals surface area contributed by atoms with Crippen molar-refractivity contribution >= 4 is 17.5 Å². The molecule has 0 saturated heterocycles. The lowest BCUT2D eigenvalue weighted by Gasteiger charge is -2.14. The Balaban J connectivity index is 2.81. The summed E-state index contributed by atoms with van der Waals surface area (Å²) >= 11 is 0. The van der Waals surface area contributed by atoms with Crippen LogP contribution in [0, 0.1) is 6.92 Å². The number of amides is 1. The fourth-order valence-corrected chi connectivity index (χ4v) is 1.10. The monoisotopic (exact) mass is 209 g/mol. The van der Waals surface area contributed by atoms with Gasteiger partial charge in [0.2, 0.25) is 5.91 Å². The number of nitrogens with two attached hydrogens (primary N) is 1. The van der Waals surface area contributed by atoms with Gasteiger partial charge in [0.15, 0.2) is 0 Å². The fourth-order valence-electron chi connectivity index (χ4n) is 1.10. The maximum Gasteiger partial charge on any atom is 0.241 e. The summed E-state index contributed by atoms with van der Waals surface area (Å²) in [6.45, 7) is 3.55. The Bertz CT molecular complexity index is 366. The predicted octanol–water partition coefficient (Wildman–Crippen LogP) is -0.0864. The third-order valence-corrected chi connectivity index (χ3v) is 2.12. The Morgan fingerprint density at radius 1 is 1.53 bits per heavy atom. The van der Waals surface area contributed by atoms with Crippen LogP contribution in [0.1, 0.15) is 12.5 Å². The third kappa shape index (κ3) is 2.55. The van der Waals surface area contributed by atoms with E-state index in [9.17, 15) is 4.79 Å². The number of likely N-dealkylation sites (N-methyl/N-ethyl adjacent to an activating group) is 1. The zero-order chi connectivity index (χ0) is 11.4. The first-order valence-electron chi connectivity index (χ1n) is 4.61. The zero-order valence-corrected chi connectivity index (χ0v) is 9.03. The average Bonchev–Trinajstić information content (AvgIpc) is 2.23. The maximum absolute atomic E-state index is 11.3. The van der Waals surface area contributed by atoms with Crippen LogP contribution < -0.4 is 16.4 Å². The van der Waals surface area contributed by atoms with Gasteiger partial charge in [-0.1, -0.05) is 0 Å². The molecular formula is C9H15N5O. The van der Waals surface area contributed by atoms with Crippen molar-refractivity contribution in [1.29, 1.82) is 0 Å². The van der Waals surface area contributed by atoms with Crippen LogP contribution >= 0.6 is 0 Å². The second-order valence-corrected chi connectivity index (χ2v) is 3.21. The van der Waals surface area contributed by atoms with E-state index in [-0.39, 0.29) is 11.9 Å². The molecular weight excluding hydrogens is 194 g/mol. The molecule has 4 N–H and O–H groups in total. The van der Waals surface area contributed by atoms with Crippen molar-refractivity contribution in [3.8, 4) is 0 Å². The van der Waals surface area contributed by atoms with Crippen molar-refractivity contribution in [2.45, 2.75) is 19.9 Å². The minimum Gasteiger partial charge on any atom is -0.383 e. The fraction of sp³-hybridized carbons (Fsp3) is 0.444. The number of rotatable bonds is 3. The molecule has 1 atom stereocenters. The molecule has 0 saturated carbocycles. The third-order valence-electron chi connectivity index (χ3n) is 2.12. The highest BCUT2D eigenvalue weighted by atomic mass is 16.2. The van der Waals surface area contributed by atoms with E-state index in [0.717, 1.165) is 5.56 Å². The summed E-state index contributed by atoms with van der Waals surface area (Å²) in [5.41, 5.74) is 6.36. The van der Waals surface area contributed by atoms with E-state index in [1.807, 2.05) is 0 Å². The van der Waals surface area contributed by atoms with E-state index in [1.54, 1.807) is 20.9 Å². The summed E-state index contributed by atoms with van der Waals surface area (Å²) in [4.78, 5) is 19.1. The Hall–Kier alpha value is -1.85. The second-order valence-electron chi connectivity index (χ2n) is 3.21. The molecule has 0 aliphatic rings.